The molecule has 0 spiro atoms. The Bertz CT molecular complexity index is 959. The number of nitrogens with one attached hydrogen (secondary N) is 1. The molecule has 164 valence electrons. The average molecular weight is 424 g/mol. The first kappa shape index (κ1) is 21.0. The van der Waals surface area contributed by atoms with Crippen LogP contribution in [0.25, 0.3) is 0 Å². The van der Waals surface area contributed by atoms with Crippen molar-refractivity contribution in [3.63, 3.8) is 0 Å². The summed E-state index contributed by atoms with van der Waals surface area (Å²) in [4.78, 5) is 27.5. The molecule has 2 amide bonds. The van der Waals surface area contributed by atoms with Crippen molar-refractivity contribution in [3.05, 3.63) is 53.6 Å². The molecule has 1 atom stereocenters. The lowest BCUT2D eigenvalue weighted by Gasteiger charge is -2.36. The largest absolute Gasteiger partial charge is 0.492 e. The second-order valence-electron chi connectivity index (χ2n) is 8.26. The van der Waals surface area contributed by atoms with Crippen molar-refractivity contribution in [2.75, 3.05) is 19.9 Å². The molecule has 0 radical (unpaired) electrons. The van der Waals surface area contributed by atoms with E-state index in [1.54, 1.807) is 23.1 Å². The number of hydrogen-bond acceptors (Lipinski definition) is 5. The zero-order valence-electron chi connectivity index (χ0n) is 17.9. The van der Waals surface area contributed by atoms with Gasteiger partial charge in [-0.05, 0) is 29.2 Å². The maximum absolute atomic E-state index is 13.0. The third kappa shape index (κ3) is 4.93. The van der Waals surface area contributed by atoms with Gasteiger partial charge in [0.05, 0.1) is 6.54 Å². The summed E-state index contributed by atoms with van der Waals surface area (Å²) in [5, 5.41) is 2.93. The van der Waals surface area contributed by atoms with Gasteiger partial charge in [-0.15, -0.1) is 0 Å². The van der Waals surface area contributed by atoms with Crippen LogP contribution in [0.4, 0.5) is 0 Å². The van der Waals surface area contributed by atoms with Crippen molar-refractivity contribution in [2.45, 2.75) is 39.3 Å². The fourth-order valence-corrected chi connectivity index (χ4v) is 3.91. The van der Waals surface area contributed by atoms with Gasteiger partial charge in [-0.25, -0.2) is 0 Å². The summed E-state index contributed by atoms with van der Waals surface area (Å²) in [5.41, 5.74) is 2.22. The zero-order chi connectivity index (χ0) is 21.8. The second kappa shape index (κ2) is 9.29. The molecule has 1 N–H and O–H groups in total. The molecule has 0 aliphatic carbocycles. The van der Waals surface area contributed by atoms with Crippen molar-refractivity contribution in [1.29, 1.82) is 0 Å². The number of hydrogen-bond donors (Lipinski definition) is 1. The summed E-state index contributed by atoms with van der Waals surface area (Å²) < 4.78 is 16.4. The minimum absolute atomic E-state index is 0.0151. The Balaban J connectivity index is 1.35. The molecule has 0 saturated carbocycles. The van der Waals surface area contributed by atoms with Crippen LogP contribution in [-0.4, -0.2) is 42.7 Å². The minimum Gasteiger partial charge on any atom is -0.492 e. The van der Waals surface area contributed by atoms with E-state index in [0.717, 1.165) is 11.1 Å². The highest BCUT2D eigenvalue weighted by Gasteiger charge is 2.34. The SMILES string of the molecule is CC(C)CC(=O)N1Cc2ccccc2CC1C(=O)NCCOc1ccc2c(c1)OCO2. The Morgan fingerprint density at radius 2 is 1.90 bits per heavy atom. The average Bonchev–Trinajstić information content (AvgIpc) is 3.23. The van der Waals surface area contributed by atoms with E-state index in [9.17, 15) is 9.59 Å². The van der Waals surface area contributed by atoms with E-state index < -0.39 is 6.04 Å². The Morgan fingerprint density at radius 3 is 2.71 bits per heavy atom. The first-order valence-corrected chi connectivity index (χ1v) is 10.7. The minimum atomic E-state index is -0.508. The summed E-state index contributed by atoms with van der Waals surface area (Å²) in [6.45, 7) is 5.36. The number of carbonyl (C=O) groups excluding carboxylic acids is 2. The molecule has 0 aromatic heterocycles. The van der Waals surface area contributed by atoms with Crippen LogP contribution >= 0.6 is 0 Å². The highest BCUT2D eigenvalue weighted by molar-refractivity contribution is 5.88. The van der Waals surface area contributed by atoms with Crippen LogP contribution in [0.5, 0.6) is 17.2 Å². The number of fused-ring (bicyclic) bond motifs is 2. The van der Waals surface area contributed by atoms with Gasteiger partial charge in [0.25, 0.3) is 0 Å². The maximum Gasteiger partial charge on any atom is 0.243 e. The van der Waals surface area contributed by atoms with E-state index in [2.05, 4.69) is 5.32 Å². The van der Waals surface area contributed by atoms with Crippen molar-refractivity contribution in [2.24, 2.45) is 5.92 Å². The van der Waals surface area contributed by atoms with E-state index >= 15 is 0 Å². The van der Waals surface area contributed by atoms with Gasteiger partial charge < -0.3 is 24.4 Å². The maximum atomic E-state index is 13.0. The van der Waals surface area contributed by atoms with E-state index in [4.69, 9.17) is 14.2 Å². The molecule has 7 nitrogen and oxygen atoms in total. The lowest BCUT2D eigenvalue weighted by atomic mass is 9.92. The Morgan fingerprint density at radius 1 is 1.13 bits per heavy atom. The topological polar surface area (TPSA) is 77.1 Å². The fraction of sp³-hybridized carbons (Fsp3) is 0.417. The van der Waals surface area contributed by atoms with E-state index in [1.807, 2.05) is 38.1 Å². The lowest BCUT2D eigenvalue weighted by Crippen LogP contribution is -2.53. The standard InChI is InChI=1S/C24H28N2O5/c1-16(2)11-23(27)26-14-18-6-4-3-5-17(18)12-20(26)24(28)25-9-10-29-19-7-8-21-22(13-19)31-15-30-21/h3-8,13,16,20H,9-12,14-15H2,1-2H3,(H,25,28). The first-order chi connectivity index (χ1) is 15.0. The first-order valence-electron chi connectivity index (χ1n) is 10.7. The van der Waals surface area contributed by atoms with Gasteiger partial charge in [0.2, 0.25) is 18.6 Å². The summed E-state index contributed by atoms with van der Waals surface area (Å²) in [7, 11) is 0. The summed E-state index contributed by atoms with van der Waals surface area (Å²) in [6, 6.07) is 12.9. The Kier molecular flexibility index (Phi) is 6.30. The van der Waals surface area contributed by atoms with E-state index in [1.165, 1.54) is 0 Å². The predicted molar refractivity (Wildman–Crippen MR) is 115 cm³/mol. The van der Waals surface area contributed by atoms with Crippen molar-refractivity contribution in [1.82, 2.24) is 10.2 Å². The van der Waals surface area contributed by atoms with Gasteiger partial charge in [0.15, 0.2) is 11.5 Å². The zero-order valence-corrected chi connectivity index (χ0v) is 17.9. The number of ether oxygens (including phenoxy) is 3. The molecular weight excluding hydrogens is 396 g/mol. The Hall–Kier alpha value is -3.22. The number of rotatable bonds is 7. The Labute approximate surface area is 182 Å². The van der Waals surface area contributed by atoms with Gasteiger partial charge in [0, 0.05) is 25.5 Å². The van der Waals surface area contributed by atoms with Gasteiger partial charge in [-0.3, -0.25) is 9.59 Å². The quantitative estimate of drug-likeness (QED) is 0.692. The number of amides is 2. The second-order valence-corrected chi connectivity index (χ2v) is 8.26. The monoisotopic (exact) mass is 424 g/mol. The number of nitrogens with zero attached hydrogens (tertiary/aromatic N) is 1. The summed E-state index contributed by atoms with van der Waals surface area (Å²) in [5.74, 6) is 2.11. The van der Waals surface area contributed by atoms with Gasteiger partial charge in [0.1, 0.15) is 18.4 Å². The van der Waals surface area contributed by atoms with Crippen LogP contribution in [0, 0.1) is 5.92 Å². The molecule has 1 unspecified atom stereocenters. The fourth-order valence-electron chi connectivity index (χ4n) is 3.91. The molecule has 2 heterocycles. The smallest absolute Gasteiger partial charge is 0.243 e. The molecule has 2 aromatic carbocycles. The van der Waals surface area contributed by atoms with Crippen LogP contribution in [0.2, 0.25) is 0 Å². The number of benzene rings is 2. The molecule has 0 bridgehead atoms. The summed E-state index contributed by atoms with van der Waals surface area (Å²) in [6.07, 6.45) is 0.952. The van der Waals surface area contributed by atoms with E-state index in [0.29, 0.717) is 49.8 Å². The van der Waals surface area contributed by atoms with Gasteiger partial charge in [-0.1, -0.05) is 38.1 Å². The van der Waals surface area contributed by atoms with Crippen LogP contribution in [0.15, 0.2) is 42.5 Å². The molecule has 0 fully saturated rings. The highest BCUT2D eigenvalue weighted by Crippen LogP contribution is 2.35. The highest BCUT2D eigenvalue weighted by atomic mass is 16.7. The molecule has 2 aliphatic rings. The third-order valence-electron chi connectivity index (χ3n) is 5.47. The molecule has 7 heteroatoms. The third-order valence-corrected chi connectivity index (χ3v) is 5.47. The van der Waals surface area contributed by atoms with Crippen LogP contribution in [0.1, 0.15) is 31.4 Å². The molecule has 31 heavy (non-hydrogen) atoms. The lowest BCUT2D eigenvalue weighted by molar-refractivity contribution is -0.142. The summed E-state index contributed by atoms with van der Waals surface area (Å²) >= 11 is 0. The molecule has 4 rings (SSSR count). The van der Waals surface area contributed by atoms with Crippen LogP contribution in [0.3, 0.4) is 0 Å². The molecular formula is C24H28N2O5. The van der Waals surface area contributed by atoms with Crippen molar-refractivity contribution in [3.8, 4) is 17.2 Å². The molecule has 2 aliphatic heterocycles. The molecule has 0 saturated heterocycles. The molecule has 2 aromatic rings. The van der Waals surface area contributed by atoms with Crippen LogP contribution < -0.4 is 19.5 Å². The van der Waals surface area contributed by atoms with E-state index in [-0.39, 0.29) is 24.5 Å². The van der Waals surface area contributed by atoms with Gasteiger partial charge in [-0.2, -0.15) is 0 Å². The predicted octanol–water partition coefficient (Wildman–Crippen LogP) is 2.91. The normalized spacial score (nSPS) is 16.7. The van der Waals surface area contributed by atoms with Crippen LogP contribution in [-0.2, 0) is 22.6 Å². The van der Waals surface area contributed by atoms with Crippen molar-refractivity contribution >= 4 is 11.8 Å². The number of carbonyl (C=O) groups is 2. The van der Waals surface area contributed by atoms with Gasteiger partial charge >= 0.3 is 0 Å². The van der Waals surface area contributed by atoms with Crippen molar-refractivity contribution < 1.29 is 23.8 Å².